The zero-order valence-electron chi connectivity index (χ0n) is 19.5. The van der Waals surface area contributed by atoms with Crippen molar-refractivity contribution in [1.82, 2.24) is 25.3 Å². The molecule has 0 aliphatic carbocycles. The van der Waals surface area contributed by atoms with E-state index in [0.29, 0.717) is 18.2 Å². The number of nitrogens with one attached hydrogen (secondary N) is 1. The van der Waals surface area contributed by atoms with Crippen molar-refractivity contribution in [1.29, 1.82) is 0 Å². The van der Waals surface area contributed by atoms with Gasteiger partial charge in [-0.3, -0.25) is 9.89 Å². The average molecular weight is 540 g/mol. The van der Waals surface area contributed by atoms with E-state index in [1.807, 2.05) is 7.05 Å². The van der Waals surface area contributed by atoms with Gasteiger partial charge in [-0.15, -0.1) is 24.0 Å². The van der Waals surface area contributed by atoms with Crippen molar-refractivity contribution in [3.05, 3.63) is 47.1 Å². The summed E-state index contributed by atoms with van der Waals surface area (Å²) in [6, 6.07) is 9.06. The van der Waals surface area contributed by atoms with Crippen molar-refractivity contribution < 1.29 is 4.52 Å². The Morgan fingerprint density at radius 2 is 1.74 bits per heavy atom. The number of aliphatic imine (C=N–C) groups is 1. The van der Waals surface area contributed by atoms with Crippen LogP contribution >= 0.6 is 24.0 Å². The number of guanidine groups is 1. The van der Waals surface area contributed by atoms with Gasteiger partial charge in [-0.05, 0) is 17.0 Å². The molecule has 172 valence electrons. The fraction of sp³-hybridized carbons (Fsp3) is 0.609. The zero-order valence-corrected chi connectivity index (χ0v) is 21.8. The van der Waals surface area contributed by atoms with Gasteiger partial charge in [0.1, 0.15) is 0 Å². The second-order valence-electron chi connectivity index (χ2n) is 8.58. The van der Waals surface area contributed by atoms with Gasteiger partial charge < -0.3 is 14.7 Å². The first kappa shape index (κ1) is 25.6. The molecule has 0 spiro atoms. The Labute approximate surface area is 203 Å². The van der Waals surface area contributed by atoms with E-state index in [-0.39, 0.29) is 29.9 Å². The highest BCUT2D eigenvalue weighted by molar-refractivity contribution is 14.0. The van der Waals surface area contributed by atoms with Gasteiger partial charge in [0.25, 0.3) is 0 Å². The summed E-state index contributed by atoms with van der Waals surface area (Å²) in [6.07, 6.45) is 0.699. The van der Waals surface area contributed by atoms with Crippen LogP contribution in [0.4, 0.5) is 0 Å². The fourth-order valence-corrected chi connectivity index (χ4v) is 3.60. The van der Waals surface area contributed by atoms with Gasteiger partial charge in [0.15, 0.2) is 11.8 Å². The van der Waals surface area contributed by atoms with Gasteiger partial charge >= 0.3 is 0 Å². The quantitative estimate of drug-likeness (QED) is 0.327. The van der Waals surface area contributed by atoms with Crippen molar-refractivity contribution in [3.63, 3.8) is 0 Å². The summed E-state index contributed by atoms with van der Waals surface area (Å²) in [5, 5.41) is 7.46. The third kappa shape index (κ3) is 7.45. The lowest BCUT2D eigenvalue weighted by Crippen LogP contribution is -2.52. The zero-order chi connectivity index (χ0) is 21.5. The van der Waals surface area contributed by atoms with Crippen molar-refractivity contribution in [2.24, 2.45) is 4.99 Å². The molecule has 1 N–H and O–H groups in total. The van der Waals surface area contributed by atoms with Crippen LogP contribution in [0.3, 0.4) is 0 Å². The molecular formula is C23H37IN6O. The predicted octanol–water partition coefficient (Wildman–Crippen LogP) is 3.87. The largest absolute Gasteiger partial charge is 0.356 e. The lowest BCUT2D eigenvalue weighted by atomic mass is 10.0. The Morgan fingerprint density at radius 1 is 1.06 bits per heavy atom. The summed E-state index contributed by atoms with van der Waals surface area (Å²) in [4.78, 5) is 13.7. The average Bonchev–Trinajstić information content (AvgIpc) is 3.22. The van der Waals surface area contributed by atoms with Gasteiger partial charge in [0.05, 0.1) is 0 Å². The number of aromatic nitrogens is 2. The molecule has 0 bridgehead atoms. The molecule has 0 radical (unpaired) electrons. The van der Waals surface area contributed by atoms with Crippen LogP contribution < -0.4 is 5.32 Å². The van der Waals surface area contributed by atoms with Crippen molar-refractivity contribution in [2.75, 3.05) is 39.8 Å². The highest BCUT2D eigenvalue weighted by Gasteiger charge is 2.20. The van der Waals surface area contributed by atoms with E-state index >= 15 is 0 Å². The first-order valence-corrected chi connectivity index (χ1v) is 11.1. The number of rotatable bonds is 7. The van der Waals surface area contributed by atoms with Gasteiger partial charge in [-0.1, -0.05) is 57.1 Å². The van der Waals surface area contributed by atoms with Crippen LogP contribution in [-0.2, 0) is 13.0 Å². The van der Waals surface area contributed by atoms with Crippen LogP contribution in [0, 0.1) is 0 Å². The normalized spacial score (nSPS) is 15.5. The third-order valence-corrected chi connectivity index (χ3v) is 5.56. The summed E-state index contributed by atoms with van der Waals surface area (Å²) in [6.45, 7) is 14.4. The second-order valence-corrected chi connectivity index (χ2v) is 8.58. The van der Waals surface area contributed by atoms with Crippen LogP contribution in [0.15, 0.2) is 33.8 Å². The van der Waals surface area contributed by atoms with E-state index in [0.717, 1.165) is 51.1 Å². The molecule has 1 fully saturated rings. The van der Waals surface area contributed by atoms with E-state index < -0.39 is 0 Å². The fourth-order valence-electron chi connectivity index (χ4n) is 3.60. The Bertz CT molecular complexity index is 810. The number of benzene rings is 1. The van der Waals surface area contributed by atoms with Crippen molar-refractivity contribution >= 4 is 29.9 Å². The molecule has 7 nitrogen and oxygen atoms in total. The van der Waals surface area contributed by atoms with Gasteiger partial charge in [0, 0.05) is 58.7 Å². The van der Waals surface area contributed by atoms with E-state index in [1.54, 1.807) is 0 Å². The lowest BCUT2D eigenvalue weighted by Gasteiger charge is -2.36. The molecule has 0 unspecified atom stereocenters. The van der Waals surface area contributed by atoms with Crippen LogP contribution in [0.1, 0.15) is 62.4 Å². The maximum absolute atomic E-state index is 5.32. The molecule has 3 rings (SSSR count). The first-order valence-electron chi connectivity index (χ1n) is 11.1. The van der Waals surface area contributed by atoms with Gasteiger partial charge in [0.2, 0.25) is 5.89 Å². The maximum atomic E-state index is 5.32. The molecule has 1 aliphatic heterocycles. The Kier molecular flexibility index (Phi) is 10.2. The topological polar surface area (TPSA) is 69.8 Å². The van der Waals surface area contributed by atoms with Crippen molar-refractivity contribution in [3.8, 4) is 0 Å². The molecule has 2 aromatic rings. The van der Waals surface area contributed by atoms with Gasteiger partial charge in [-0.2, -0.15) is 4.98 Å². The lowest BCUT2D eigenvalue weighted by molar-refractivity contribution is 0.172. The third-order valence-electron chi connectivity index (χ3n) is 5.56. The smallest absolute Gasteiger partial charge is 0.228 e. The Balaban J connectivity index is 0.00000341. The summed E-state index contributed by atoms with van der Waals surface area (Å²) >= 11 is 0. The Morgan fingerprint density at radius 3 is 2.29 bits per heavy atom. The summed E-state index contributed by atoms with van der Waals surface area (Å²) < 4.78 is 5.32. The number of piperazine rings is 1. The van der Waals surface area contributed by atoms with E-state index in [4.69, 9.17) is 4.52 Å². The molecule has 0 amide bonds. The summed E-state index contributed by atoms with van der Waals surface area (Å²) in [5.74, 6) is 3.26. The van der Waals surface area contributed by atoms with E-state index in [1.165, 1.54) is 11.1 Å². The first-order chi connectivity index (χ1) is 14.5. The molecule has 1 aromatic heterocycles. The number of hydrogen-bond donors (Lipinski definition) is 1. The van der Waals surface area contributed by atoms with Crippen LogP contribution in [-0.4, -0.2) is 65.7 Å². The molecule has 0 saturated carbocycles. The standard InChI is InChI=1S/C23H36N6O.HI/c1-17(2)20-8-6-19(7-9-20)16-28-12-14-29(15-13-28)23(24-5)25-11-10-21-26-22(18(3)4)27-30-21;/h6-9,17-18H,10-16H2,1-5H3,(H,24,25);1H. The van der Waals surface area contributed by atoms with Crippen LogP contribution in [0.5, 0.6) is 0 Å². The highest BCUT2D eigenvalue weighted by atomic mass is 127. The Hall–Kier alpha value is -1.68. The number of nitrogens with zero attached hydrogens (tertiary/aromatic N) is 5. The molecule has 1 aromatic carbocycles. The minimum atomic E-state index is 0. The minimum absolute atomic E-state index is 0. The minimum Gasteiger partial charge on any atom is -0.356 e. The molecule has 8 heteroatoms. The second kappa shape index (κ2) is 12.4. The molecular weight excluding hydrogens is 503 g/mol. The van der Waals surface area contributed by atoms with Crippen LogP contribution in [0.2, 0.25) is 0 Å². The molecule has 1 aliphatic rings. The molecule has 0 atom stereocenters. The SMILES string of the molecule is CN=C(NCCc1nc(C(C)C)no1)N1CCN(Cc2ccc(C(C)C)cc2)CC1.I. The monoisotopic (exact) mass is 540 g/mol. The van der Waals surface area contributed by atoms with Crippen molar-refractivity contribution in [2.45, 2.75) is 52.5 Å². The molecule has 2 heterocycles. The van der Waals surface area contributed by atoms with E-state index in [2.05, 4.69) is 82.2 Å². The van der Waals surface area contributed by atoms with Gasteiger partial charge in [-0.25, -0.2) is 0 Å². The maximum Gasteiger partial charge on any atom is 0.228 e. The highest BCUT2D eigenvalue weighted by Crippen LogP contribution is 2.16. The summed E-state index contributed by atoms with van der Waals surface area (Å²) in [7, 11) is 1.84. The number of halogens is 1. The molecule has 1 saturated heterocycles. The van der Waals surface area contributed by atoms with Crippen LogP contribution in [0.25, 0.3) is 0 Å². The summed E-state index contributed by atoms with van der Waals surface area (Å²) in [5.41, 5.74) is 2.79. The predicted molar refractivity (Wildman–Crippen MR) is 136 cm³/mol. The number of hydrogen-bond acceptors (Lipinski definition) is 5. The van der Waals surface area contributed by atoms with E-state index in [9.17, 15) is 0 Å². The molecule has 31 heavy (non-hydrogen) atoms.